The summed E-state index contributed by atoms with van der Waals surface area (Å²) in [5.41, 5.74) is 0.341. The summed E-state index contributed by atoms with van der Waals surface area (Å²) < 4.78 is 12.8. The van der Waals surface area contributed by atoms with E-state index in [0.29, 0.717) is 24.2 Å². The minimum atomic E-state index is -0.430. The van der Waals surface area contributed by atoms with Gasteiger partial charge in [-0.2, -0.15) is 5.10 Å². The molecule has 0 spiro atoms. The van der Waals surface area contributed by atoms with Gasteiger partial charge in [-0.25, -0.2) is 4.68 Å². The molecule has 2 atom stereocenters. The smallest absolute Gasteiger partial charge is 0.289 e. The number of hydrogen-bond acceptors (Lipinski definition) is 4. The predicted molar refractivity (Wildman–Crippen MR) is 128 cm³/mol. The van der Waals surface area contributed by atoms with Gasteiger partial charge in [0.2, 0.25) is 0 Å². The third-order valence-corrected chi connectivity index (χ3v) is 5.94. The van der Waals surface area contributed by atoms with Crippen molar-refractivity contribution in [3.8, 4) is 5.75 Å². The normalized spacial score (nSPS) is 18.8. The predicted octanol–water partition coefficient (Wildman–Crippen LogP) is 6.16. The molecule has 0 N–H and O–H groups in total. The van der Waals surface area contributed by atoms with Crippen molar-refractivity contribution in [1.82, 2.24) is 9.78 Å². The molecule has 0 saturated carbocycles. The Kier molecular flexibility index (Phi) is 10.3. The second kappa shape index (κ2) is 12.4. The van der Waals surface area contributed by atoms with Crippen LogP contribution in [0.25, 0.3) is 0 Å². The van der Waals surface area contributed by atoms with Crippen LogP contribution in [-0.2, 0) is 10.3 Å². The molecule has 1 aliphatic carbocycles. The number of nitrogens with zero attached hydrogens (tertiary/aromatic N) is 2. The summed E-state index contributed by atoms with van der Waals surface area (Å²) in [6, 6.07) is 0. The summed E-state index contributed by atoms with van der Waals surface area (Å²) >= 11 is 6.25. The number of rotatable bonds is 12. The first-order valence-electron chi connectivity index (χ1n) is 11.6. The van der Waals surface area contributed by atoms with Crippen LogP contribution in [0, 0.1) is 11.8 Å². The molecule has 1 heterocycles. The van der Waals surface area contributed by atoms with E-state index in [2.05, 4.69) is 37.2 Å². The van der Waals surface area contributed by atoms with E-state index in [1.54, 1.807) is 0 Å². The molecule has 5 nitrogen and oxygen atoms in total. The molecule has 1 unspecified atom stereocenters. The number of hydrogen-bond donors (Lipinski definition) is 0. The zero-order chi connectivity index (χ0) is 22.9. The highest BCUT2D eigenvalue weighted by atomic mass is 35.5. The largest absolute Gasteiger partial charge is 0.485 e. The second-order valence-electron chi connectivity index (χ2n) is 9.44. The molecular formula is C25H39ClN2O3. The van der Waals surface area contributed by atoms with Gasteiger partial charge >= 0.3 is 0 Å². The quantitative estimate of drug-likeness (QED) is 0.358. The van der Waals surface area contributed by atoms with Crippen LogP contribution in [0.3, 0.4) is 0 Å². The lowest BCUT2D eigenvalue weighted by Gasteiger charge is -2.23. The van der Waals surface area contributed by atoms with Crippen molar-refractivity contribution in [1.29, 1.82) is 0 Å². The summed E-state index contributed by atoms with van der Waals surface area (Å²) in [5, 5.41) is 4.30. The minimum absolute atomic E-state index is 0.0786. The van der Waals surface area contributed by atoms with Crippen molar-refractivity contribution in [2.45, 2.75) is 78.7 Å². The van der Waals surface area contributed by atoms with Crippen LogP contribution < -0.4 is 10.3 Å². The first-order chi connectivity index (χ1) is 14.7. The average Bonchev–Trinajstić information content (AvgIpc) is 2.71. The van der Waals surface area contributed by atoms with E-state index >= 15 is 0 Å². The van der Waals surface area contributed by atoms with Gasteiger partial charge in [0.05, 0.1) is 11.7 Å². The minimum Gasteiger partial charge on any atom is -0.485 e. The van der Waals surface area contributed by atoms with Gasteiger partial charge in [-0.1, -0.05) is 62.9 Å². The second-order valence-corrected chi connectivity index (χ2v) is 9.82. The Morgan fingerprint density at radius 2 is 1.90 bits per heavy atom. The number of unbranched alkanes of at least 4 members (excludes halogenated alkanes) is 3. The first kappa shape index (κ1) is 25.7. The van der Waals surface area contributed by atoms with Gasteiger partial charge in [0.25, 0.3) is 5.56 Å². The van der Waals surface area contributed by atoms with Crippen LogP contribution >= 0.6 is 11.6 Å². The Morgan fingerprint density at radius 3 is 2.58 bits per heavy atom. The first-order valence-corrected chi connectivity index (χ1v) is 12.0. The van der Waals surface area contributed by atoms with Gasteiger partial charge < -0.3 is 9.47 Å². The van der Waals surface area contributed by atoms with Crippen LogP contribution in [0.4, 0.5) is 0 Å². The average molecular weight is 451 g/mol. The lowest BCUT2D eigenvalue weighted by atomic mass is 9.84. The fraction of sp³-hybridized carbons (Fsp3) is 0.680. The Morgan fingerprint density at radius 1 is 1.16 bits per heavy atom. The molecule has 6 heteroatoms. The van der Waals surface area contributed by atoms with Crippen molar-refractivity contribution in [2.75, 3.05) is 19.8 Å². The maximum atomic E-state index is 12.4. The van der Waals surface area contributed by atoms with E-state index in [-0.39, 0.29) is 10.6 Å². The molecule has 0 aliphatic heterocycles. The summed E-state index contributed by atoms with van der Waals surface area (Å²) in [5.74, 6) is 1.36. The number of allylic oxidation sites excluding steroid dienone is 2. The third-order valence-electron chi connectivity index (χ3n) is 5.59. The van der Waals surface area contributed by atoms with E-state index in [4.69, 9.17) is 21.1 Å². The molecule has 0 aromatic carbocycles. The van der Waals surface area contributed by atoms with Crippen LogP contribution in [-0.4, -0.2) is 29.6 Å². The summed E-state index contributed by atoms with van der Waals surface area (Å²) in [6.07, 6.45) is 15.3. The van der Waals surface area contributed by atoms with Crippen molar-refractivity contribution < 1.29 is 9.47 Å². The molecule has 2 rings (SSSR count). The van der Waals surface area contributed by atoms with E-state index in [1.165, 1.54) is 36.6 Å². The highest BCUT2D eigenvalue weighted by Gasteiger charge is 2.21. The van der Waals surface area contributed by atoms with Gasteiger partial charge in [0.1, 0.15) is 6.61 Å². The van der Waals surface area contributed by atoms with Crippen LogP contribution in [0.15, 0.2) is 34.8 Å². The topological polar surface area (TPSA) is 53.4 Å². The third kappa shape index (κ3) is 8.12. The fourth-order valence-electron chi connectivity index (χ4n) is 3.66. The van der Waals surface area contributed by atoms with Crippen molar-refractivity contribution >= 4 is 11.6 Å². The molecular weight excluding hydrogens is 412 g/mol. The molecule has 0 saturated heterocycles. The Balaban J connectivity index is 1.77. The van der Waals surface area contributed by atoms with Crippen LogP contribution in [0.5, 0.6) is 5.75 Å². The highest BCUT2D eigenvalue weighted by molar-refractivity contribution is 6.31. The van der Waals surface area contributed by atoms with Crippen LogP contribution in [0.2, 0.25) is 5.02 Å². The molecule has 1 aromatic heterocycles. The van der Waals surface area contributed by atoms with E-state index in [1.807, 2.05) is 20.8 Å². The summed E-state index contributed by atoms with van der Waals surface area (Å²) in [7, 11) is 0. The number of ether oxygens (including phenoxy) is 2. The fourth-order valence-corrected chi connectivity index (χ4v) is 3.84. The maximum Gasteiger partial charge on any atom is 0.289 e. The standard InChI is InChI=1S/C25H39ClN2O3/c1-6-7-14-30-15-10-8-9-11-21-13-12-20(16-19(21)2)18-31-22-17-27-28(25(3,4)5)24(29)23(22)26/h12-13,16-17,19,21H,6-11,14-15,18H2,1-5H3/t19-,21?/m1/s1. The molecule has 0 radical (unpaired) electrons. The zero-order valence-electron chi connectivity index (χ0n) is 19.8. The summed E-state index contributed by atoms with van der Waals surface area (Å²) in [6.45, 7) is 12.3. The van der Waals surface area contributed by atoms with Crippen molar-refractivity contribution in [3.63, 3.8) is 0 Å². The van der Waals surface area contributed by atoms with Gasteiger partial charge in [-0.05, 0) is 57.4 Å². The lowest BCUT2D eigenvalue weighted by Crippen LogP contribution is -2.36. The van der Waals surface area contributed by atoms with Gasteiger partial charge in [-0.15, -0.1) is 0 Å². The zero-order valence-corrected chi connectivity index (χ0v) is 20.6. The van der Waals surface area contributed by atoms with Gasteiger partial charge in [-0.3, -0.25) is 4.79 Å². The number of halogens is 1. The molecule has 0 bridgehead atoms. The van der Waals surface area contributed by atoms with E-state index in [0.717, 1.165) is 31.6 Å². The monoisotopic (exact) mass is 450 g/mol. The van der Waals surface area contributed by atoms with E-state index < -0.39 is 5.54 Å². The molecule has 1 aliphatic rings. The SMILES string of the molecule is CCCCOCCCCCC1C=CC(COc2cnn(C(C)(C)C)c(=O)c2Cl)=C[C@H]1C. The van der Waals surface area contributed by atoms with Crippen LogP contribution in [0.1, 0.15) is 73.1 Å². The maximum absolute atomic E-state index is 12.4. The molecule has 174 valence electrons. The van der Waals surface area contributed by atoms with Gasteiger partial charge in [0, 0.05) is 13.2 Å². The molecule has 31 heavy (non-hydrogen) atoms. The Hall–Kier alpha value is -1.59. The van der Waals surface area contributed by atoms with E-state index in [9.17, 15) is 4.79 Å². The van der Waals surface area contributed by atoms with Crippen molar-refractivity contribution in [3.05, 3.63) is 45.4 Å². The Labute approximate surface area is 192 Å². The number of aromatic nitrogens is 2. The molecule has 0 amide bonds. The lowest BCUT2D eigenvalue weighted by molar-refractivity contribution is 0.127. The van der Waals surface area contributed by atoms with Crippen molar-refractivity contribution in [2.24, 2.45) is 11.8 Å². The molecule has 1 aromatic rings. The Bertz CT molecular complexity index is 808. The summed E-state index contributed by atoms with van der Waals surface area (Å²) in [4.78, 5) is 12.4. The van der Waals surface area contributed by atoms with Gasteiger partial charge in [0.15, 0.2) is 10.8 Å². The molecule has 0 fully saturated rings. The highest BCUT2D eigenvalue weighted by Crippen LogP contribution is 2.28.